The van der Waals surface area contributed by atoms with Crippen LogP contribution in [0.4, 0.5) is 0 Å². The van der Waals surface area contributed by atoms with Gasteiger partial charge in [-0.05, 0) is 33.8 Å². The second-order valence-electron chi connectivity index (χ2n) is 3.82. The predicted octanol–water partition coefficient (Wildman–Crippen LogP) is 1.52. The van der Waals surface area contributed by atoms with Crippen LogP contribution in [0.1, 0.15) is 25.2 Å². The van der Waals surface area contributed by atoms with Crippen LogP contribution in [0.25, 0.3) is 0 Å². The van der Waals surface area contributed by atoms with Gasteiger partial charge in [-0.3, -0.25) is 4.79 Å². The van der Waals surface area contributed by atoms with Crippen molar-refractivity contribution in [2.75, 3.05) is 0 Å². The van der Waals surface area contributed by atoms with Crippen molar-refractivity contribution >= 4 is 17.5 Å². The first-order chi connectivity index (χ1) is 7.40. The van der Waals surface area contributed by atoms with E-state index >= 15 is 0 Å². The highest BCUT2D eigenvalue weighted by atomic mass is 32.2. The molecule has 1 aromatic rings. The number of thioether (sulfide) groups is 1. The SMILES string of the molecule is CC(=O)[C@H](Sc1nc(C)cc(C)n1)[C@@H](C)O. The summed E-state index contributed by atoms with van der Waals surface area (Å²) in [7, 11) is 0. The molecule has 0 fully saturated rings. The Morgan fingerprint density at radius 3 is 2.25 bits per heavy atom. The molecule has 1 heterocycles. The first-order valence-electron chi connectivity index (χ1n) is 5.07. The van der Waals surface area contributed by atoms with Crippen LogP contribution < -0.4 is 0 Å². The molecule has 1 aromatic heterocycles. The van der Waals surface area contributed by atoms with Gasteiger partial charge in [0.15, 0.2) is 5.16 Å². The molecular weight excluding hydrogens is 224 g/mol. The Balaban J connectivity index is 2.89. The van der Waals surface area contributed by atoms with E-state index in [2.05, 4.69) is 9.97 Å². The Labute approximate surface area is 99.5 Å². The van der Waals surface area contributed by atoms with E-state index in [-0.39, 0.29) is 5.78 Å². The largest absolute Gasteiger partial charge is 0.392 e. The van der Waals surface area contributed by atoms with Gasteiger partial charge < -0.3 is 5.11 Å². The molecule has 0 spiro atoms. The fraction of sp³-hybridized carbons (Fsp3) is 0.545. The quantitative estimate of drug-likeness (QED) is 0.638. The number of ketones is 1. The molecule has 0 aliphatic rings. The van der Waals surface area contributed by atoms with Crippen molar-refractivity contribution < 1.29 is 9.90 Å². The fourth-order valence-corrected chi connectivity index (χ4v) is 2.36. The van der Waals surface area contributed by atoms with Gasteiger partial charge in [0.25, 0.3) is 0 Å². The molecule has 4 nitrogen and oxygen atoms in total. The summed E-state index contributed by atoms with van der Waals surface area (Å²) in [6.07, 6.45) is -0.702. The zero-order chi connectivity index (χ0) is 12.3. The van der Waals surface area contributed by atoms with Crippen molar-refractivity contribution in [3.05, 3.63) is 17.5 Å². The van der Waals surface area contributed by atoms with Crippen molar-refractivity contribution in [3.8, 4) is 0 Å². The summed E-state index contributed by atoms with van der Waals surface area (Å²) in [4.78, 5) is 19.8. The lowest BCUT2D eigenvalue weighted by Gasteiger charge is -2.15. The number of aromatic nitrogens is 2. The molecule has 1 N–H and O–H groups in total. The topological polar surface area (TPSA) is 63.1 Å². The van der Waals surface area contributed by atoms with E-state index in [0.717, 1.165) is 11.4 Å². The number of aliphatic hydroxyl groups is 1. The monoisotopic (exact) mass is 240 g/mol. The van der Waals surface area contributed by atoms with Gasteiger partial charge in [-0.2, -0.15) is 0 Å². The van der Waals surface area contributed by atoms with Crippen LogP contribution >= 0.6 is 11.8 Å². The summed E-state index contributed by atoms with van der Waals surface area (Å²) in [5, 5.41) is 9.53. The van der Waals surface area contributed by atoms with Gasteiger partial charge >= 0.3 is 0 Å². The van der Waals surface area contributed by atoms with E-state index in [9.17, 15) is 9.90 Å². The summed E-state index contributed by atoms with van der Waals surface area (Å²) in [6.45, 7) is 6.82. The summed E-state index contributed by atoms with van der Waals surface area (Å²) in [6, 6.07) is 1.87. The Bertz CT molecular complexity index is 373. The fourth-order valence-electron chi connectivity index (χ4n) is 1.38. The van der Waals surface area contributed by atoms with Gasteiger partial charge in [0.2, 0.25) is 0 Å². The molecule has 0 aliphatic heterocycles. The number of aliphatic hydroxyl groups excluding tert-OH is 1. The van der Waals surface area contributed by atoms with Gasteiger partial charge in [0, 0.05) is 11.4 Å². The average Bonchev–Trinajstić information content (AvgIpc) is 2.11. The van der Waals surface area contributed by atoms with E-state index in [1.54, 1.807) is 6.92 Å². The minimum absolute atomic E-state index is 0.0669. The van der Waals surface area contributed by atoms with E-state index in [0.29, 0.717) is 5.16 Å². The zero-order valence-corrected chi connectivity index (χ0v) is 10.7. The lowest BCUT2D eigenvalue weighted by molar-refractivity contribution is -0.118. The van der Waals surface area contributed by atoms with Crippen molar-refractivity contribution in [1.29, 1.82) is 0 Å². The number of nitrogens with zero attached hydrogens (tertiary/aromatic N) is 2. The second-order valence-corrected chi connectivity index (χ2v) is 4.93. The van der Waals surface area contributed by atoms with Crippen molar-refractivity contribution in [2.45, 2.75) is 44.2 Å². The maximum atomic E-state index is 11.3. The van der Waals surface area contributed by atoms with Gasteiger partial charge in [-0.1, -0.05) is 11.8 Å². The van der Waals surface area contributed by atoms with Crippen LogP contribution in [0, 0.1) is 13.8 Å². The first-order valence-corrected chi connectivity index (χ1v) is 5.95. The standard InChI is InChI=1S/C11H16N2O2S/c1-6-5-7(2)13-11(12-6)16-10(8(3)14)9(4)15/h5,8,10,14H,1-4H3/t8-,10-/m1/s1. The highest BCUT2D eigenvalue weighted by Gasteiger charge is 2.22. The maximum Gasteiger partial charge on any atom is 0.188 e. The number of hydrogen-bond donors (Lipinski definition) is 1. The maximum absolute atomic E-state index is 11.3. The summed E-state index contributed by atoms with van der Waals surface area (Å²) in [5.41, 5.74) is 1.73. The van der Waals surface area contributed by atoms with Gasteiger partial charge in [0.05, 0.1) is 11.4 Å². The Kier molecular flexibility index (Phi) is 4.44. The van der Waals surface area contributed by atoms with Crippen LogP contribution in [0.15, 0.2) is 11.2 Å². The summed E-state index contributed by atoms with van der Waals surface area (Å²) in [5.74, 6) is -0.0669. The number of aryl methyl sites for hydroxylation is 2. The molecule has 0 unspecified atom stereocenters. The molecule has 1 rings (SSSR count). The third kappa shape index (κ3) is 3.57. The van der Waals surface area contributed by atoms with Crippen LogP contribution in [0.2, 0.25) is 0 Å². The second kappa shape index (κ2) is 5.41. The summed E-state index contributed by atoms with van der Waals surface area (Å²) < 4.78 is 0. The lowest BCUT2D eigenvalue weighted by atomic mass is 10.2. The van der Waals surface area contributed by atoms with Gasteiger partial charge in [-0.15, -0.1) is 0 Å². The van der Waals surface area contributed by atoms with Gasteiger partial charge in [-0.25, -0.2) is 9.97 Å². The zero-order valence-electron chi connectivity index (χ0n) is 9.89. The number of carbonyl (C=O) groups excluding carboxylic acids is 1. The smallest absolute Gasteiger partial charge is 0.188 e. The number of Topliss-reactive ketones (excluding diaryl/α,β-unsaturated/α-hetero) is 1. The number of carbonyl (C=O) groups is 1. The van der Waals surface area contributed by atoms with Crippen LogP contribution in [-0.2, 0) is 4.79 Å². The Morgan fingerprint density at radius 2 is 1.88 bits per heavy atom. The van der Waals surface area contributed by atoms with E-state index in [1.807, 2.05) is 19.9 Å². The molecule has 16 heavy (non-hydrogen) atoms. The molecular formula is C11H16N2O2S. The first kappa shape index (κ1) is 13.1. The normalized spacial score (nSPS) is 14.6. The summed E-state index contributed by atoms with van der Waals surface area (Å²) >= 11 is 1.21. The number of hydrogen-bond acceptors (Lipinski definition) is 5. The van der Waals surface area contributed by atoms with Crippen LogP contribution in [-0.4, -0.2) is 32.2 Å². The van der Waals surface area contributed by atoms with Crippen molar-refractivity contribution in [3.63, 3.8) is 0 Å². The highest BCUT2D eigenvalue weighted by molar-refractivity contribution is 8.00. The highest BCUT2D eigenvalue weighted by Crippen LogP contribution is 2.23. The van der Waals surface area contributed by atoms with Crippen LogP contribution in [0.3, 0.4) is 0 Å². The van der Waals surface area contributed by atoms with E-state index < -0.39 is 11.4 Å². The Hall–Kier alpha value is -0.940. The third-order valence-corrected chi connectivity index (χ3v) is 3.41. The van der Waals surface area contributed by atoms with Crippen molar-refractivity contribution in [2.24, 2.45) is 0 Å². The van der Waals surface area contributed by atoms with E-state index in [1.165, 1.54) is 18.7 Å². The van der Waals surface area contributed by atoms with Crippen LogP contribution in [0.5, 0.6) is 0 Å². The third-order valence-electron chi connectivity index (χ3n) is 2.03. The molecule has 0 saturated heterocycles. The van der Waals surface area contributed by atoms with E-state index in [4.69, 9.17) is 0 Å². The molecule has 88 valence electrons. The molecule has 5 heteroatoms. The molecule has 0 aliphatic carbocycles. The Morgan fingerprint density at radius 1 is 1.38 bits per heavy atom. The molecule has 0 saturated carbocycles. The minimum Gasteiger partial charge on any atom is -0.392 e. The minimum atomic E-state index is -0.702. The molecule has 0 aromatic carbocycles. The van der Waals surface area contributed by atoms with Crippen molar-refractivity contribution in [1.82, 2.24) is 9.97 Å². The average molecular weight is 240 g/mol. The number of rotatable bonds is 4. The molecule has 0 amide bonds. The molecule has 0 bridgehead atoms. The molecule has 2 atom stereocenters. The molecule has 0 radical (unpaired) electrons. The van der Waals surface area contributed by atoms with Gasteiger partial charge in [0.1, 0.15) is 5.78 Å². The lowest BCUT2D eigenvalue weighted by Crippen LogP contribution is -2.27. The predicted molar refractivity (Wildman–Crippen MR) is 63.5 cm³/mol.